The molecule has 14 heavy (non-hydrogen) atoms. The second kappa shape index (κ2) is 3.80. The number of carbonyl (C=O) groups excluding carboxylic acids is 1. The summed E-state index contributed by atoms with van der Waals surface area (Å²) in [6, 6.07) is 9.41. The molecule has 0 spiro atoms. The van der Waals surface area contributed by atoms with Crippen LogP contribution in [0.3, 0.4) is 0 Å². The van der Waals surface area contributed by atoms with Crippen molar-refractivity contribution >= 4 is 5.91 Å². The van der Waals surface area contributed by atoms with Crippen LogP contribution < -0.4 is 5.32 Å². The van der Waals surface area contributed by atoms with Crippen molar-refractivity contribution < 1.29 is 4.79 Å². The zero-order valence-corrected chi connectivity index (χ0v) is 8.23. The molecule has 3 nitrogen and oxygen atoms in total. The largest absolute Gasteiger partial charge is 0.322 e. The summed E-state index contributed by atoms with van der Waals surface area (Å²) in [5, 5.41) is 3.23. The van der Waals surface area contributed by atoms with Crippen molar-refractivity contribution in [2.75, 3.05) is 13.1 Å². The first-order valence-electron chi connectivity index (χ1n) is 4.88. The number of carbonyl (C=O) groups is 1. The average molecular weight is 190 g/mol. The zero-order valence-electron chi connectivity index (χ0n) is 8.23. The first-order valence-corrected chi connectivity index (χ1v) is 4.88. The van der Waals surface area contributed by atoms with Crippen LogP contribution in [0.2, 0.25) is 0 Å². The summed E-state index contributed by atoms with van der Waals surface area (Å²) < 4.78 is 0. The molecule has 1 atom stereocenters. The fourth-order valence-electron chi connectivity index (χ4n) is 1.72. The van der Waals surface area contributed by atoms with Crippen LogP contribution in [-0.4, -0.2) is 30.1 Å². The van der Waals surface area contributed by atoms with Gasteiger partial charge in [0.25, 0.3) is 5.91 Å². The molecule has 1 aromatic rings. The van der Waals surface area contributed by atoms with Crippen LogP contribution >= 0.6 is 0 Å². The monoisotopic (exact) mass is 190 g/mol. The van der Waals surface area contributed by atoms with Crippen LogP contribution in [0.4, 0.5) is 0 Å². The van der Waals surface area contributed by atoms with E-state index in [1.165, 1.54) is 0 Å². The van der Waals surface area contributed by atoms with Crippen LogP contribution in [0.25, 0.3) is 0 Å². The first-order chi connectivity index (χ1) is 6.79. The van der Waals surface area contributed by atoms with Crippen molar-refractivity contribution in [3.8, 4) is 0 Å². The lowest BCUT2D eigenvalue weighted by Gasteiger charge is -2.20. The molecule has 1 unspecified atom stereocenters. The first kappa shape index (κ1) is 9.21. The van der Waals surface area contributed by atoms with E-state index in [1.807, 2.05) is 42.2 Å². The molecule has 1 aliphatic heterocycles. The molecule has 0 aromatic heterocycles. The molecule has 1 amide bonds. The molecule has 1 saturated heterocycles. The number of hydrogen-bond donors (Lipinski definition) is 1. The third-order valence-corrected chi connectivity index (χ3v) is 2.54. The summed E-state index contributed by atoms with van der Waals surface area (Å²) in [5.41, 5.74) is 0.767. The molecule has 0 aliphatic carbocycles. The molecule has 74 valence electrons. The van der Waals surface area contributed by atoms with Crippen LogP contribution in [0, 0.1) is 0 Å². The van der Waals surface area contributed by atoms with E-state index in [1.54, 1.807) is 0 Å². The van der Waals surface area contributed by atoms with Gasteiger partial charge in [0.2, 0.25) is 0 Å². The van der Waals surface area contributed by atoms with Crippen molar-refractivity contribution in [2.45, 2.75) is 13.1 Å². The SMILES string of the molecule is CC1NCCN1C(=O)c1ccccc1. The second-order valence-corrected chi connectivity index (χ2v) is 3.49. The molecule has 1 heterocycles. The molecule has 1 aromatic carbocycles. The third-order valence-electron chi connectivity index (χ3n) is 2.54. The summed E-state index contributed by atoms with van der Waals surface area (Å²) in [6.07, 6.45) is 0.155. The van der Waals surface area contributed by atoms with Crippen molar-refractivity contribution in [1.82, 2.24) is 10.2 Å². The highest BCUT2D eigenvalue weighted by atomic mass is 16.2. The Morgan fingerprint density at radius 3 is 2.71 bits per heavy atom. The molecule has 3 heteroatoms. The van der Waals surface area contributed by atoms with E-state index >= 15 is 0 Å². The molecule has 1 N–H and O–H groups in total. The normalized spacial score (nSPS) is 21.2. The van der Waals surface area contributed by atoms with Gasteiger partial charge in [-0.25, -0.2) is 0 Å². The lowest BCUT2D eigenvalue weighted by molar-refractivity contribution is 0.0741. The standard InChI is InChI=1S/C11H14N2O/c1-9-12-7-8-13(9)11(14)10-5-3-2-4-6-10/h2-6,9,12H,7-8H2,1H3. The van der Waals surface area contributed by atoms with E-state index in [9.17, 15) is 4.79 Å². The van der Waals surface area contributed by atoms with Crippen LogP contribution in [0.1, 0.15) is 17.3 Å². The van der Waals surface area contributed by atoms with Gasteiger partial charge in [0.05, 0.1) is 6.17 Å². The Morgan fingerprint density at radius 1 is 1.43 bits per heavy atom. The van der Waals surface area contributed by atoms with Crippen LogP contribution in [-0.2, 0) is 0 Å². The lowest BCUT2D eigenvalue weighted by atomic mass is 10.2. The molecule has 1 fully saturated rings. The van der Waals surface area contributed by atoms with E-state index in [2.05, 4.69) is 5.32 Å². The van der Waals surface area contributed by atoms with E-state index in [0.29, 0.717) is 0 Å². The quantitative estimate of drug-likeness (QED) is 0.718. The Labute approximate surface area is 83.7 Å². The predicted molar refractivity (Wildman–Crippen MR) is 54.9 cm³/mol. The Hall–Kier alpha value is -1.35. The van der Waals surface area contributed by atoms with Gasteiger partial charge >= 0.3 is 0 Å². The minimum Gasteiger partial charge on any atom is -0.322 e. The van der Waals surface area contributed by atoms with Gasteiger partial charge in [0.1, 0.15) is 0 Å². The van der Waals surface area contributed by atoms with Gasteiger partial charge in [0.15, 0.2) is 0 Å². The van der Waals surface area contributed by atoms with E-state index < -0.39 is 0 Å². The molecule has 0 saturated carbocycles. The number of nitrogens with one attached hydrogen (secondary N) is 1. The molecule has 0 radical (unpaired) electrons. The lowest BCUT2D eigenvalue weighted by Crippen LogP contribution is -2.37. The number of rotatable bonds is 1. The average Bonchev–Trinajstić information content (AvgIpc) is 2.65. The maximum absolute atomic E-state index is 11.9. The van der Waals surface area contributed by atoms with Gasteiger partial charge in [-0.1, -0.05) is 18.2 Å². The third kappa shape index (κ3) is 1.63. The fourth-order valence-corrected chi connectivity index (χ4v) is 1.72. The number of amides is 1. The van der Waals surface area contributed by atoms with Gasteiger partial charge in [-0.3, -0.25) is 10.1 Å². The molecular formula is C11H14N2O. The van der Waals surface area contributed by atoms with Crippen molar-refractivity contribution in [2.24, 2.45) is 0 Å². The van der Waals surface area contributed by atoms with Gasteiger partial charge in [0, 0.05) is 18.7 Å². The summed E-state index contributed by atoms with van der Waals surface area (Å²) in [6.45, 7) is 3.70. The van der Waals surface area contributed by atoms with Gasteiger partial charge in [-0.15, -0.1) is 0 Å². The Kier molecular flexibility index (Phi) is 2.50. The van der Waals surface area contributed by atoms with Crippen LogP contribution in [0.15, 0.2) is 30.3 Å². The summed E-state index contributed by atoms with van der Waals surface area (Å²) in [5.74, 6) is 0.114. The van der Waals surface area contributed by atoms with Gasteiger partial charge < -0.3 is 4.90 Å². The number of hydrogen-bond acceptors (Lipinski definition) is 2. The Bertz CT molecular complexity index is 323. The van der Waals surface area contributed by atoms with Crippen molar-refractivity contribution in [1.29, 1.82) is 0 Å². The van der Waals surface area contributed by atoms with E-state index in [-0.39, 0.29) is 12.1 Å². The van der Waals surface area contributed by atoms with Crippen LogP contribution in [0.5, 0.6) is 0 Å². The molecule has 2 rings (SSSR count). The zero-order chi connectivity index (χ0) is 9.97. The van der Waals surface area contributed by atoms with Gasteiger partial charge in [-0.2, -0.15) is 0 Å². The van der Waals surface area contributed by atoms with Crippen molar-refractivity contribution in [3.05, 3.63) is 35.9 Å². The molecule has 0 bridgehead atoms. The molecule has 1 aliphatic rings. The Balaban J connectivity index is 2.16. The topological polar surface area (TPSA) is 32.3 Å². The summed E-state index contributed by atoms with van der Waals surface area (Å²) in [7, 11) is 0. The highest BCUT2D eigenvalue weighted by Crippen LogP contribution is 2.09. The van der Waals surface area contributed by atoms with E-state index in [4.69, 9.17) is 0 Å². The molecular weight excluding hydrogens is 176 g/mol. The number of nitrogens with zero attached hydrogens (tertiary/aromatic N) is 1. The highest BCUT2D eigenvalue weighted by molar-refractivity contribution is 5.94. The minimum absolute atomic E-state index is 0.114. The maximum atomic E-state index is 11.9. The smallest absolute Gasteiger partial charge is 0.255 e. The minimum atomic E-state index is 0.114. The van der Waals surface area contributed by atoms with E-state index in [0.717, 1.165) is 18.7 Å². The summed E-state index contributed by atoms with van der Waals surface area (Å²) in [4.78, 5) is 13.8. The second-order valence-electron chi connectivity index (χ2n) is 3.49. The highest BCUT2D eigenvalue weighted by Gasteiger charge is 2.24. The van der Waals surface area contributed by atoms with Crippen molar-refractivity contribution in [3.63, 3.8) is 0 Å². The Morgan fingerprint density at radius 2 is 2.14 bits per heavy atom. The predicted octanol–water partition coefficient (Wildman–Crippen LogP) is 1.08. The number of benzene rings is 1. The fraction of sp³-hybridized carbons (Fsp3) is 0.364. The maximum Gasteiger partial charge on any atom is 0.255 e. The summed E-state index contributed by atoms with van der Waals surface area (Å²) >= 11 is 0. The van der Waals surface area contributed by atoms with Gasteiger partial charge in [-0.05, 0) is 19.1 Å².